The molecule has 0 saturated carbocycles. The molecule has 1 aliphatic rings. The normalized spacial score (nSPS) is 16.4. The van der Waals surface area contributed by atoms with Gasteiger partial charge in [-0.3, -0.25) is 9.69 Å². The van der Waals surface area contributed by atoms with Gasteiger partial charge in [-0.15, -0.1) is 0 Å². The third-order valence-corrected chi connectivity index (χ3v) is 6.01. The maximum absolute atomic E-state index is 12.7. The topological polar surface area (TPSA) is 102 Å². The molecule has 2 heterocycles. The number of likely N-dealkylation sites (tertiary alicyclic amines) is 1. The van der Waals surface area contributed by atoms with Crippen LogP contribution in [0.1, 0.15) is 45.1 Å². The van der Waals surface area contributed by atoms with E-state index in [1.54, 1.807) is 42.5 Å². The Bertz CT molecular complexity index is 1310. The van der Waals surface area contributed by atoms with E-state index in [9.17, 15) is 18.0 Å². The Morgan fingerprint density at radius 1 is 1.03 bits per heavy atom. The largest absolute Gasteiger partial charge is 0.468 e. The van der Waals surface area contributed by atoms with Crippen molar-refractivity contribution in [3.63, 3.8) is 0 Å². The molecular formula is C27H22F3N5O2. The number of nitriles is 2. The molecule has 1 saturated heterocycles. The van der Waals surface area contributed by atoms with Gasteiger partial charge in [0.05, 0.1) is 29.3 Å². The van der Waals surface area contributed by atoms with E-state index in [1.165, 1.54) is 12.3 Å². The number of rotatable bonds is 7. The van der Waals surface area contributed by atoms with Gasteiger partial charge in [-0.1, -0.05) is 18.2 Å². The predicted molar refractivity (Wildman–Crippen MR) is 127 cm³/mol. The molecule has 7 nitrogen and oxygen atoms in total. The number of nitrogens with one attached hydrogen (secondary N) is 1. The first-order valence-electron chi connectivity index (χ1n) is 11.5. The zero-order valence-electron chi connectivity index (χ0n) is 19.6. The van der Waals surface area contributed by atoms with Gasteiger partial charge in [0.2, 0.25) is 5.88 Å². The monoisotopic (exact) mass is 505 g/mol. The third kappa shape index (κ3) is 6.63. The minimum atomic E-state index is -4.46. The first-order valence-corrected chi connectivity index (χ1v) is 11.5. The lowest BCUT2D eigenvalue weighted by Crippen LogP contribution is -2.38. The highest BCUT2D eigenvalue weighted by Crippen LogP contribution is 2.32. The summed E-state index contributed by atoms with van der Waals surface area (Å²) in [5, 5.41) is 21.1. The molecule has 1 N–H and O–H groups in total. The quantitative estimate of drug-likeness (QED) is 0.512. The van der Waals surface area contributed by atoms with Crippen LogP contribution in [0, 0.1) is 22.7 Å². The Kier molecular flexibility index (Phi) is 7.71. The Labute approximate surface area is 211 Å². The van der Waals surface area contributed by atoms with Crippen molar-refractivity contribution >= 4 is 5.91 Å². The van der Waals surface area contributed by atoms with E-state index in [0.29, 0.717) is 36.2 Å². The Balaban J connectivity index is 1.51. The van der Waals surface area contributed by atoms with Crippen molar-refractivity contribution in [2.45, 2.75) is 24.7 Å². The molecule has 4 rings (SSSR count). The van der Waals surface area contributed by atoms with Gasteiger partial charge >= 0.3 is 6.18 Å². The number of pyridine rings is 1. The van der Waals surface area contributed by atoms with Crippen LogP contribution in [-0.4, -0.2) is 47.7 Å². The average molecular weight is 506 g/mol. The van der Waals surface area contributed by atoms with Gasteiger partial charge in [0, 0.05) is 37.0 Å². The zero-order chi connectivity index (χ0) is 26.4. The van der Waals surface area contributed by atoms with Crippen molar-refractivity contribution in [3.05, 3.63) is 94.7 Å². The minimum Gasteiger partial charge on any atom is -0.468 e. The first kappa shape index (κ1) is 25.7. The molecular weight excluding hydrogens is 483 g/mol. The second kappa shape index (κ2) is 11.1. The number of benzene rings is 2. The first-order chi connectivity index (χ1) is 17.8. The van der Waals surface area contributed by atoms with Crippen LogP contribution < -0.4 is 10.1 Å². The number of halogens is 3. The Morgan fingerprint density at radius 2 is 1.65 bits per heavy atom. The van der Waals surface area contributed by atoms with Crippen molar-refractivity contribution in [3.8, 4) is 18.0 Å². The highest BCUT2D eigenvalue weighted by molar-refractivity contribution is 5.94. The van der Waals surface area contributed by atoms with Gasteiger partial charge in [0.15, 0.2) is 6.61 Å². The lowest BCUT2D eigenvalue weighted by Gasteiger charge is -2.29. The highest BCUT2D eigenvalue weighted by atomic mass is 19.4. The molecule has 0 spiro atoms. The summed E-state index contributed by atoms with van der Waals surface area (Å²) >= 11 is 0. The van der Waals surface area contributed by atoms with E-state index in [4.69, 9.17) is 15.3 Å². The van der Waals surface area contributed by atoms with Crippen LogP contribution in [0.4, 0.5) is 13.2 Å². The third-order valence-electron chi connectivity index (χ3n) is 6.01. The summed E-state index contributed by atoms with van der Waals surface area (Å²) in [6, 6.07) is 20.2. The average Bonchev–Trinajstić information content (AvgIpc) is 3.36. The lowest BCUT2D eigenvalue weighted by molar-refractivity contribution is -0.154. The van der Waals surface area contributed by atoms with Crippen molar-refractivity contribution in [1.29, 1.82) is 10.5 Å². The van der Waals surface area contributed by atoms with E-state index in [-0.39, 0.29) is 23.9 Å². The van der Waals surface area contributed by atoms with Crippen LogP contribution in [0.3, 0.4) is 0 Å². The van der Waals surface area contributed by atoms with Crippen LogP contribution in [0.15, 0.2) is 66.9 Å². The molecule has 2 atom stereocenters. The number of carbonyl (C=O) groups excluding carboxylic acids is 1. The molecule has 37 heavy (non-hydrogen) atoms. The lowest BCUT2D eigenvalue weighted by atomic mass is 9.97. The number of amides is 1. The molecule has 1 aromatic heterocycles. The molecule has 188 valence electrons. The number of carbonyl (C=O) groups is 1. The summed E-state index contributed by atoms with van der Waals surface area (Å²) in [5.74, 6) is -0.368. The van der Waals surface area contributed by atoms with E-state index >= 15 is 0 Å². The fourth-order valence-electron chi connectivity index (χ4n) is 4.25. The molecule has 1 aliphatic heterocycles. The summed E-state index contributed by atoms with van der Waals surface area (Å²) in [7, 11) is 0. The van der Waals surface area contributed by atoms with E-state index < -0.39 is 12.8 Å². The van der Waals surface area contributed by atoms with Crippen LogP contribution in [0.5, 0.6) is 5.88 Å². The Morgan fingerprint density at radius 3 is 2.22 bits per heavy atom. The highest BCUT2D eigenvalue weighted by Gasteiger charge is 2.32. The number of aromatic nitrogens is 1. The predicted octanol–water partition coefficient (Wildman–Crippen LogP) is 4.36. The molecule has 1 amide bonds. The molecule has 0 radical (unpaired) electrons. The van der Waals surface area contributed by atoms with Crippen molar-refractivity contribution in [1.82, 2.24) is 15.2 Å². The summed E-state index contributed by atoms with van der Waals surface area (Å²) in [6.07, 6.45) is -2.29. The summed E-state index contributed by atoms with van der Waals surface area (Å²) < 4.78 is 42.2. The number of hydrogen-bond acceptors (Lipinski definition) is 6. The molecule has 3 aromatic rings. The van der Waals surface area contributed by atoms with Gasteiger partial charge in [0.1, 0.15) is 0 Å². The molecule has 1 unspecified atom stereocenters. The van der Waals surface area contributed by atoms with Gasteiger partial charge < -0.3 is 10.1 Å². The van der Waals surface area contributed by atoms with E-state index in [0.717, 1.165) is 11.1 Å². The Hall–Kier alpha value is -4.41. The summed E-state index contributed by atoms with van der Waals surface area (Å²) in [5.41, 5.74) is 3.05. The molecule has 1 fully saturated rings. The molecule has 10 heteroatoms. The second-order valence-corrected chi connectivity index (χ2v) is 8.61. The fourth-order valence-corrected chi connectivity index (χ4v) is 4.25. The molecule has 0 bridgehead atoms. The summed E-state index contributed by atoms with van der Waals surface area (Å²) in [4.78, 5) is 18.9. The maximum atomic E-state index is 12.7. The van der Waals surface area contributed by atoms with Gasteiger partial charge in [-0.05, 0) is 53.9 Å². The van der Waals surface area contributed by atoms with Crippen molar-refractivity contribution < 1.29 is 22.7 Å². The number of alkyl halides is 3. The summed E-state index contributed by atoms with van der Waals surface area (Å²) in [6.45, 7) is -0.251. The minimum absolute atomic E-state index is 0.131. The van der Waals surface area contributed by atoms with Crippen LogP contribution >= 0.6 is 0 Å². The van der Waals surface area contributed by atoms with Crippen LogP contribution in [-0.2, 0) is 0 Å². The number of nitrogens with zero attached hydrogens (tertiary/aromatic N) is 4. The van der Waals surface area contributed by atoms with Crippen molar-refractivity contribution in [2.24, 2.45) is 0 Å². The van der Waals surface area contributed by atoms with Crippen LogP contribution in [0.2, 0.25) is 0 Å². The van der Waals surface area contributed by atoms with E-state index in [2.05, 4.69) is 21.3 Å². The van der Waals surface area contributed by atoms with Gasteiger partial charge in [-0.2, -0.15) is 23.7 Å². The maximum Gasteiger partial charge on any atom is 0.422 e. The smallest absolute Gasteiger partial charge is 0.422 e. The van der Waals surface area contributed by atoms with Gasteiger partial charge in [-0.25, -0.2) is 4.98 Å². The van der Waals surface area contributed by atoms with Crippen molar-refractivity contribution in [2.75, 3.05) is 19.7 Å². The zero-order valence-corrected chi connectivity index (χ0v) is 19.6. The van der Waals surface area contributed by atoms with Gasteiger partial charge in [0.25, 0.3) is 5.91 Å². The standard InChI is InChI=1S/C27H22F3N5O2/c28-27(29,30)17-37-24-10-9-22(15-33-24)25(20-5-1-18(13-31)2-6-20)35-12-11-23(16-35)34-26(36)21-7-3-19(14-32)4-8-21/h1-10,15,23,25H,11-12,16-17H2,(H,34,36)/t23?,25-/m1/s1. The SMILES string of the molecule is N#Cc1ccc(C(=O)NC2CCN([C@H](c3ccc(C#N)cc3)c3ccc(OCC(F)(F)F)nc3)C2)cc1. The number of ether oxygens (including phenoxy) is 1. The second-order valence-electron chi connectivity index (χ2n) is 8.61. The fraction of sp³-hybridized carbons (Fsp3) is 0.259. The number of hydrogen-bond donors (Lipinski definition) is 1. The van der Waals surface area contributed by atoms with Crippen LogP contribution in [0.25, 0.3) is 0 Å². The van der Waals surface area contributed by atoms with E-state index in [1.807, 2.05) is 18.2 Å². The molecule has 2 aromatic carbocycles. The molecule has 0 aliphatic carbocycles.